The minimum atomic E-state index is 0.0283. The normalized spacial score (nSPS) is 25.6. The van der Waals surface area contributed by atoms with Crippen molar-refractivity contribution in [2.75, 3.05) is 27.4 Å². The van der Waals surface area contributed by atoms with Crippen LogP contribution in [0.1, 0.15) is 31.2 Å². The number of aliphatic imine (C=N–C) groups is 1. The van der Waals surface area contributed by atoms with Gasteiger partial charge in [0.1, 0.15) is 0 Å². The van der Waals surface area contributed by atoms with E-state index >= 15 is 0 Å². The van der Waals surface area contributed by atoms with E-state index in [0.717, 1.165) is 28.9 Å². The van der Waals surface area contributed by atoms with Gasteiger partial charge in [0.25, 0.3) is 0 Å². The summed E-state index contributed by atoms with van der Waals surface area (Å²) in [7, 11) is 3.52. The van der Waals surface area contributed by atoms with Crippen molar-refractivity contribution in [2.24, 2.45) is 16.8 Å². The van der Waals surface area contributed by atoms with Gasteiger partial charge < -0.3 is 25.0 Å². The zero-order chi connectivity index (χ0) is 18.8. The summed E-state index contributed by atoms with van der Waals surface area (Å²) < 4.78 is 10.8. The summed E-state index contributed by atoms with van der Waals surface area (Å²) >= 11 is 0. The van der Waals surface area contributed by atoms with E-state index in [1.54, 1.807) is 19.0 Å². The molecule has 2 saturated carbocycles. The number of likely N-dealkylation sites (N-methyl/N-ethyl adjacent to an activating group) is 1. The molecule has 1 aliphatic heterocycles. The zero-order valence-corrected chi connectivity index (χ0v) is 16.0. The number of guanidine groups is 1. The van der Waals surface area contributed by atoms with Crippen LogP contribution in [0.4, 0.5) is 0 Å². The Kier molecular flexibility index (Phi) is 5.09. The Morgan fingerprint density at radius 2 is 2.07 bits per heavy atom. The number of benzene rings is 1. The van der Waals surface area contributed by atoms with E-state index in [2.05, 4.69) is 10.6 Å². The summed E-state index contributed by atoms with van der Waals surface area (Å²) in [5, 5.41) is 6.78. The van der Waals surface area contributed by atoms with Gasteiger partial charge in [-0.25, -0.2) is 4.99 Å². The van der Waals surface area contributed by atoms with Gasteiger partial charge >= 0.3 is 0 Å². The molecule has 2 fully saturated rings. The molecule has 1 aromatic rings. The predicted octanol–water partition coefficient (Wildman–Crippen LogP) is 1.73. The Labute approximate surface area is 160 Å². The lowest BCUT2D eigenvalue weighted by Crippen LogP contribution is -2.48. The second kappa shape index (κ2) is 7.66. The Morgan fingerprint density at radius 1 is 1.22 bits per heavy atom. The van der Waals surface area contributed by atoms with Crippen LogP contribution in [0.2, 0.25) is 0 Å². The standard InChI is InChI=1S/C20H28N4O3/c1-24(2)19(25)11-22-20(23-16-8-13-3-5-15(16)7-13)21-10-14-4-6-17-18(9-14)27-12-26-17/h4,6,9,13,15-16H,3,5,7-8,10-12H2,1-2H3,(H2,21,22,23). The fourth-order valence-corrected chi connectivity index (χ4v) is 4.28. The van der Waals surface area contributed by atoms with Gasteiger partial charge in [-0.2, -0.15) is 0 Å². The van der Waals surface area contributed by atoms with E-state index in [0.29, 0.717) is 18.5 Å². The Morgan fingerprint density at radius 3 is 2.81 bits per heavy atom. The first kappa shape index (κ1) is 17.9. The zero-order valence-electron chi connectivity index (χ0n) is 16.0. The number of rotatable bonds is 5. The minimum Gasteiger partial charge on any atom is -0.454 e. The number of nitrogens with one attached hydrogen (secondary N) is 2. The molecule has 0 radical (unpaired) electrons. The van der Waals surface area contributed by atoms with Crippen LogP contribution in [0.5, 0.6) is 11.5 Å². The second-order valence-electron chi connectivity index (χ2n) is 7.92. The van der Waals surface area contributed by atoms with Gasteiger partial charge in [-0.1, -0.05) is 12.5 Å². The van der Waals surface area contributed by atoms with Crippen molar-refractivity contribution in [3.05, 3.63) is 23.8 Å². The highest BCUT2D eigenvalue weighted by molar-refractivity contribution is 5.86. The first-order valence-corrected chi connectivity index (χ1v) is 9.72. The van der Waals surface area contributed by atoms with Crippen LogP contribution in [0, 0.1) is 11.8 Å². The van der Waals surface area contributed by atoms with Crippen LogP contribution in [-0.2, 0) is 11.3 Å². The largest absolute Gasteiger partial charge is 0.454 e. The summed E-state index contributed by atoms with van der Waals surface area (Å²) in [6.07, 6.45) is 5.19. The molecule has 2 bridgehead atoms. The highest BCUT2D eigenvalue weighted by atomic mass is 16.7. The van der Waals surface area contributed by atoms with Gasteiger partial charge in [0.2, 0.25) is 12.7 Å². The van der Waals surface area contributed by atoms with E-state index in [9.17, 15) is 4.79 Å². The fraction of sp³-hybridized carbons (Fsp3) is 0.600. The highest BCUT2D eigenvalue weighted by Crippen LogP contribution is 2.44. The molecule has 27 heavy (non-hydrogen) atoms. The molecule has 3 atom stereocenters. The van der Waals surface area contributed by atoms with E-state index in [4.69, 9.17) is 14.5 Å². The molecule has 0 spiro atoms. The van der Waals surface area contributed by atoms with Crippen molar-refractivity contribution in [1.82, 2.24) is 15.5 Å². The lowest BCUT2D eigenvalue weighted by molar-refractivity contribution is -0.127. The third-order valence-electron chi connectivity index (χ3n) is 5.82. The number of amides is 1. The maximum absolute atomic E-state index is 12.0. The smallest absolute Gasteiger partial charge is 0.241 e. The highest BCUT2D eigenvalue weighted by Gasteiger charge is 2.39. The number of carbonyl (C=O) groups excluding carboxylic acids is 1. The molecule has 1 aromatic carbocycles. The van der Waals surface area contributed by atoms with Gasteiger partial charge in [0, 0.05) is 20.1 Å². The lowest BCUT2D eigenvalue weighted by atomic mass is 9.95. The van der Waals surface area contributed by atoms with Crippen molar-refractivity contribution in [3.63, 3.8) is 0 Å². The average Bonchev–Trinajstić information content (AvgIpc) is 3.39. The molecule has 0 aromatic heterocycles. The van der Waals surface area contributed by atoms with Gasteiger partial charge in [-0.15, -0.1) is 0 Å². The topological polar surface area (TPSA) is 75.2 Å². The number of ether oxygens (including phenoxy) is 2. The second-order valence-corrected chi connectivity index (χ2v) is 7.92. The molecule has 146 valence electrons. The van der Waals surface area contributed by atoms with Gasteiger partial charge in [0.05, 0.1) is 13.1 Å². The SMILES string of the molecule is CN(C)C(=O)CNC(=NCc1ccc2c(c1)OCO2)NC1CC2CCC1C2. The predicted molar refractivity (Wildman–Crippen MR) is 103 cm³/mol. The first-order chi connectivity index (χ1) is 13.1. The lowest BCUT2D eigenvalue weighted by Gasteiger charge is -2.25. The van der Waals surface area contributed by atoms with Gasteiger partial charge in [-0.3, -0.25) is 4.79 Å². The number of nitrogens with zero attached hydrogens (tertiary/aromatic N) is 2. The van der Waals surface area contributed by atoms with E-state index < -0.39 is 0 Å². The van der Waals surface area contributed by atoms with E-state index in [1.165, 1.54) is 25.7 Å². The van der Waals surface area contributed by atoms with Crippen LogP contribution in [-0.4, -0.2) is 50.2 Å². The summed E-state index contributed by atoms with van der Waals surface area (Å²) in [6, 6.07) is 6.34. The number of hydrogen-bond donors (Lipinski definition) is 2. The molecule has 1 heterocycles. The molecule has 7 heteroatoms. The molecule has 7 nitrogen and oxygen atoms in total. The quantitative estimate of drug-likeness (QED) is 0.608. The summed E-state index contributed by atoms with van der Waals surface area (Å²) in [4.78, 5) is 18.3. The molecular formula is C20H28N4O3. The molecule has 4 rings (SSSR count). The summed E-state index contributed by atoms with van der Waals surface area (Å²) in [5.41, 5.74) is 1.05. The van der Waals surface area contributed by atoms with Crippen molar-refractivity contribution >= 4 is 11.9 Å². The number of carbonyl (C=O) groups is 1. The van der Waals surface area contributed by atoms with Gasteiger partial charge in [-0.05, 0) is 48.8 Å². The molecule has 2 aliphatic carbocycles. The molecule has 2 N–H and O–H groups in total. The fourth-order valence-electron chi connectivity index (χ4n) is 4.28. The summed E-state index contributed by atoms with van der Waals surface area (Å²) in [6.45, 7) is 1.02. The molecule has 3 unspecified atom stereocenters. The Hall–Kier alpha value is -2.44. The number of fused-ring (bicyclic) bond motifs is 3. The third-order valence-corrected chi connectivity index (χ3v) is 5.82. The van der Waals surface area contributed by atoms with Crippen molar-refractivity contribution in [1.29, 1.82) is 0 Å². The van der Waals surface area contributed by atoms with Crippen molar-refractivity contribution in [3.8, 4) is 11.5 Å². The molecule has 1 amide bonds. The van der Waals surface area contributed by atoms with Crippen LogP contribution >= 0.6 is 0 Å². The van der Waals surface area contributed by atoms with Crippen LogP contribution in [0.3, 0.4) is 0 Å². The maximum atomic E-state index is 12.0. The van der Waals surface area contributed by atoms with Crippen molar-refractivity contribution < 1.29 is 14.3 Å². The monoisotopic (exact) mass is 372 g/mol. The van der Waals surface area contributed by atoms with Crippen LogP contribution in [0.25, 0.3) is 0 Å². The first-order valence-electron chi connectivity index (χ1n) is 9.72. The van der Waals surface area contributed by atoms with E-state index in [-0.39, 0.29) is 19.2 Å². The average molecular weight is 372 g/mol. The maximum Gasteiger partial charge on any atom is 0.241 e. The van der Waals surface area contributed by atoms with E-state index in [1.807, 2.05) is 18.2 Å². The minimum absolute atomic E-state index is 0.0283. The Balaban J connectivity index is 1.42. The van der Waals surface area contributed by atoms with Crippen molar-refractivity contribution in [2.45, 2.75) is 38.3 Å². The van der Waals surface area contributed by atoms with Gasteiger partial charge in [0.15, 0.2) is 17.5 Å². The summed E-state index contributed by atoms with van der Waals surface area (Å²) in [5.74, 6) is 3.86. The molecule has 3 aliphatic rings. The number of hydrogen-bond acceptors (Lipinski definition) is 4. The molecular weight excluding hydrogens is 344 g/mol. The third kappa shape index (κ3) is 4.12. The van der Waals surface area contributed by atoms with Crippen LogP contribution < -0.4 is 20.1 Å². The molecule has 0 saturated heterocycles. The van der Waals surface area contributed by atoms with Crippen LogP contribution in [0.15, 0.2) is 23.2 Å². The Bertz CT molecular complexity index is 734.